The lowest BCUT2D eigenvalue weighted by molar-refractivity contribution is 0.672. The first-order valence-corrected chi connectivity index (χ1v) is 4.87. The number of nitrogens with one attached hydrogen (secondary N) is 1. The van der Waals surface area contributed by atoms with Crippen molar-refractivity contribution in [3.63, 3.8) is 0 Å². The maximum Gasteiger partial charge on any atom is 0.0331 e. The summed E-state index contributed by atoms with van der Waals surface area (Å²) in [6.45, 7) is 12.3. The van der Waals surface area contributed by atoms with Crippen LogP contribution in [0, 0.1) is 0 Å². The molecule has 0 fully saturated rings. The van der Waals surface area contributed by atoms with Crippen LogP contribution in [0.2, 0.25) is 0 Å². The Morgan fingerprint density at radius 3 is 2.46 bits per heavy atom. The second-order valence-corrected chi connectivity index (χ2v) is 3.44. The molecule has 1 nitrogen and oxygen atoms in total. The van der Waals surface area contributed by atoms with E-state index in [1.54, 1.807) is 6.08 Å². The van der Waals surface area contributed by atoms with Gasteiger partial charge < -0.3 is 5.32 Å². The maximum atomic E-state index is 3.66. The fourth-order valence-electron chi connectivity index (χ4n) is 0.979. The van der Waals surface area contributed by atoms with Gasteiger partial charge in [0.05, 0.1) is 0 Å². The monoisotopic (exact) mass is 179 g/mol. The molecule has 0 aliphatic rings. The molecule has 0 saturated heterocycles. The Hall–Kier alpha value is -0.980. The Bertz CT molecular complexity index is 209. The van der Waals surface area contributed by atoms with Gasteiger partial charge in [0.25, 0.3) is 0 Å². The Kier molecular flexibility index (Phi) is 6.03. The topological polar surface area (TPSA) is 12.0 Å². The zero-order valence-corrected chi connectivity index (χ0v) is 9.22. The first-order chi connectivity index (χ1) is 6.11. The van der Waals surface area contributed by atoms with Crippen LogP contribution in [-0.2, 0) is 0 Å². The molecule has 0 bridgehead atoms. The van der Waals surface area contributed by atoms with E-state index < -0.39 is 0 Å². The van der Waals surface area contributed by atoms with Gasteiger partial charge in [-0.05, 0) is 33.3 Å². The molecular formula is C12H21N. The molecular weight excluding hydrogens is 158 g/mol. The smallest absolute Gasteiger partial charge is 0.0331 e. The molecule has 0 spiro atoms. The molecule has 0 aromatic rings. The average molecular weight is 179 g/mol. The van der Waals surface area contributed by atoms with Crippen LogP contribution in [0.5, 0.6) is 0 Å². The second kappa shape index (κ2) is 6.53. The lowest BCUT2D eigenvalue weighted by Gasteiger charge is -2.13. The van der Waals surface area contributed by atoms with Crippen molar-refractivity contribution < 1.29 is 0 Å². The van der Waals surface area contributed by atoms with Crippen molar-refractivity contribution in [1.82, 2.24) is 5.32 Å². The SMILES string of the molecule is C=C/C=C\C(NC(C)C)=C(/C)CC. The summed E-state index contributed by atoms with van der Waals surface area (Å²) in [6, 6.07) is 0.478. The Labute approximate surface area is 82.2 Å². The molecule has 0 aromatic carbocycles. The lowest BCUT2D eigenvalue weighted by Crippen LogP contribution is -2.21. The first kappa shape index (κ1) is 12.0. The van der Waals surface area contributed by atoms with Gasteiger partial charge in [-0.2, -0.15) is 0 Å². The van der Waals surface area contributed by atoms with Crippen molar-refractivity contribution in [2.24, 2.45) is 0 Å². The highest BCUT2D eigenvalue weighted by atomic mass is 14.9. The summed E-state index contributed by atoms with van der Waals surface area (Å²) in [5.74, 6) is 0. The van der Waals surface area contributed by atoms with E-state index in [1.807, 2.05) is 6.08 Å². The normalized spacial score (nSPS) is 13.3. The highest BCUT2D eigenvalue weighted by molar-refractivity contribution is 5.25. The third-order valence-corrected chi connectivity index (χ3v) is 1.83. The first-order valence-electron chi connectivity index (χ1n) is 4.87. The fourth-order valence-corrected chi connectivity index (χ4v) is 0.979. The lowest BCUT2D eigenvalue weighted by atomic mass is 10.1. The Balaban J connectivity index is 4.54. The molecule has 0 atom stereocenters. The van der Waals surface area contributed by atoms with E-state index in [0.717, 1.165) is 6.42 Å². The van der Waals surface area contributed by atoms with Gasteiger partial charge in [-0.1, -0.05) is 31.2 Å². The van der Waals surface area contributed by atoms with Gasteiger partial charge in [0, 0.05) is 11.7 Å². The summed E-state index contributed by atoms with van der Waals surface area (Å²) < 4.78 is 0. The maximum absolute atomic E-state index is 3.66. The summed E-state index contributed by atoms with van der Waals surface area (Å²) in [6.07, 6.45) is 6.91. The van der Waals surface area contributed by atoms with Gasteiger partial charge in [0.1, 0.15) is 0 Å². The Morgan fingerprint density at radius 2 is 2.08 bits per heavy atom. The highest BCUT2D eigenvalue weighted by Gasteiger charge is 1.98. The van der Waals surface area contributed by atoms with E-state index in [-0.39, 0.29) is 0 Å². The molecule has 0 heterocycles. The van der Waals surface area contributed by atoms with Crippen LogP contribution in [-0.4, -0.2) is 6.04 Å². The standard InChI is InChI=1S/C12H21N/c1-6-8-9-12(11(5)7-2)13-10(3)4/h6,8-10,13H,1,7H2,2-5H3/b9-8-,12-11-. The van der Waals surface area contributed by atoms with Crippen LogP contribution in [0.25, 0.3) is 0 Å². The van der Waals surface area contributed by atoms with E-state index >= 15 is 0 Å². The summed E-state index contributed by atoms with van der Waals surface area (Å²) >= 11 is 0. The van der Waals surface area contributed by atoms with Gasteiger partial charge in [0.2, 0.25) is 0 Å². The molecule has 0 amide bonds. The van der Waals surface area contributed by atoms with Crippen LogP contribution < -0.4 is 5.32 Å². The van der Waals surface area contributed by atoms with E-state index in [4.69, 9.17) is 0 Å². The van der Waals surface area contributed by atoms with Crippen LogP contribution in [0.15, 0.2) is 36.1 Å². The van der Waals surface area contributed by atoms with Crippen LogP contribution in [0.1, 0.15) is 34.1 Å². The van der Waals surface area contributed by atoms with Crippen molar-refractivity contribution in [2.75, 3.05) is 0 Å². The number of hydrogen-bond donors (Lipinski definition) is 1. The van der Waals surface area contributed by atoms with E-state index in [2.05, 4.69) is 45.7 Å². The second-order valence-electron chi connectivity index (χ2n) is 3.44. The summed E-state index contributed by atoms with van der Waals surface area (Å²) in [7, 11) is 0. The molecule has 0 aliphatic heterocycles. The molecule has 1 heteroatoms. The third kappa shape index (κ3) is 5.29. The molecule has 0 aromatic heterocycles. The average Bonchev–Trinajstić information content (AvgIpc) is 2.10. The number of allylic oxidation sites excluding steroid dienone is 4. The molecule has 0 unspecified atom stereocenters. The predicted molar refractivity (Wildman–Crippen MR) is 60.6 cm³/mol. The van der Waals surface area contributed by atoms with Crippen molar-refractivity contribution >= 4 is 0 Å². The molecule has 1 N–H and O–H groups in total. The van der Waals surface area contributed by atoms with Gasteiger partial charge in [0.15, 0.2) is 0 Å². The van der Waals surface area contributed by atoms with E-state index in [9.17, 15) is 0 Å². The van der Waals surface area contributed by atoms with E-state index in [1.165, 1.54) is 11.3 Å². The van der Waals surface area contributed by atoms with Crippen molar-refractivity contribution in [2.45, 2.75) is 40.2 Å². The van der Waals surface area contributed by atoms with E-state index in [0.29, 0.717) is 6.04 Å². The van der Waals surface area contributed by atoms with Gasteiger partial charge >= 0.3 is 0 Å². The Morgan fingerprint density at radius 1 is 1.46 bits per heavy atom. The fraction of sp³-hybridized carbons (Fsp3) is 0.500. The zero-order chi connectivity index (χ0) is 10.3. The van der Waals surface area contributed by atoms with Crippen molar-refractivity contribution in [3.8, 4) is 0 Å². The number of hydrogen-bond acceptors (Lipinski definition) is 1. The zero-order valence-electron chi connectivity index (χ0n) is 9.22. The van der Waals surface area contributed by atoms with Gasteiger partial charge in [-0.3, -0.25) is 0 Å². The largest absolute Gasteiger partial charge is 0.383 e. The minimum Gasteiger partial charge on any atom is -0.383 e. The van der Waals surface area contributed by atoms with Crippen molar-refractivity contribution in [3.05, 3.63) is 36.1 Å². The minimum atomic E-state index is 0.478. The molecule has 0 radical (unpaired) electrons. The summed E-state index contributed by atoms with van der Waals surface area (Å²) in [5, 5.41) is 3.41. The summed E-state index contributed by atoms with van der Waals surface area (Å²) in [5.41, 5.74) is 2.60. The third-order valence-electron chi connectivity index (χ3n) is 1.83. The quantitative estimate of drug-likeness (QED) is 0.638. The minimum absolute atomic E-state index is 0.478. The van der Waals surface area contributed by atoms with Crippen LogP contribution in [0.4, 0.5) is 0 Å². The molecule has 74 valence electrons. The van der Waals surface area contributed by atoms with Crippen molar-refractivity contribution in [1.29, 1.82) is 0 Å². The van der Waals surface area contributed by atoms with Crippen LogP contribution >= 0.6 is 0 Å². The number of rotatable bonds is 5. The molecule has 0 aliphatic carbocycles. The van der Waals surface area contributed by atoms with Gasteiger partial charge in [-0.15, -0.1) is 0 Å². The molecule has 13 heavy (non-hydrogen) atoms. The highest BCUT2D eigenvalue weighted by Crippen LogP contribution is 2.07. The molecule has 0 saturated carbocycles. The summed E-state index contributed by atoms with van der Waals surface area (Å²) in [4.78, 5) is 0. The molecule has 0 rings (SSSR count). The van der Waals surface area contributed by atoms with Crippen LogP contribution in [0.3, 0.4) is 0 Å². The van der Waals surface area contributed by atoms with Gasteiger partial charge in [-0.25, -0.2) is 0 Å². The predicted octanol–water partition coefficient (Wildman–Crippen LogP) is 3.41.